The van der Waals surface area contributed by atoms with Crippen LogP contribution in [0.2, 0.25) is 0 Å². The normalized spacial score (nSPS) is 14.6. The van der Waals surface area contributed by atoms with E-state index in [-0.39, 0.29) is 30.2 Å². The summed E-state index contributed by atoms with van der Waals surface area (Å²) in [5.74, 6) is -0.418. The molecule has 1 heterocycles. The van der Waals surface area contributed by atoms with E-state index in [1.807, 2.05) is 30.3 Å². The SMILES string of the molecule is C=CCNS(=O)(=O)Cc1ccc(NC(=O)C2CCN(C(=O)Nc3ccccc3)CC2)cc1. The topological polar surface area (TPSA) is 108 Å². The Morgan fingerprint density at radius 3 is 2.22 bits per heavy atom. The van der Waals surface area contributed by atoms with Crippen LogP contribution in [0.25, 0.3) is 0 Å². The molecule has 0 unspecified atom stereocenters. The fourth-order valence-corrected chi connectivity index (χ4v) is 4.56. The van der Waals surface area contributed by atoms with Crippen molar-refractivity contribution < 1.29 is 18.0 Å². The summed E-state index contributed by atoms with van der Waals surface area (Å²) in [6, 6.07) is 15.8. The molecule has 3 N–H and O–H groups in total. The number of carbonyl (C=O) groups is 2. The van der Waals surface area contributed by atoms with Crippen LogP contribution in [0.5, 0.6) is 0 Å². The van der Waals surface area contributed by atoms with E-state index < -0.39 is 10.0 Å². The average molecular weight is 457 g/mol. The molecule has 0 radical (unpaired) electrons. The zero-order valence-corrected chi connectivity index (χ0v) is 18.6. The number of likely N-dealkylation sites (tertiary alicyclic amines) is 1. The first-order valence-corrected chi connectivity index (χ1v) is 12.1. The molecule has 0 atom stereocenters. The van der Waals surface area contributed by atoms with Gasteiger partial charge in [0.25, 0.3) is 0 Å². The molecule has 1 aliphatic rings. The first-order chi connectivity index (χ1) is 15.4. The van der Waals surface area contributed by atoms with Crippen molar-refractivity contribution in [3.05, 3.63) is 72.8 Å². The van der Waals surface area contributed by atoms with Gasteiger partial charge in [0.05, 0.1) is 5.75 Å². The Balaban J connectivity index is 1.46. The minimum Gasteiger partial charge on any atom is -0.326 e. The summed E-state index contributed by atoms with van der Waals surface area (Å²) < 4.78 is 26.3. The van der Waals surface area contributed by atoms with Gasteiger partial charge in [-0.15, -0.1) is 6.58 Å². The fourth-order valence-electron chi connectivity index (χ4n) is 3.45. The molecule has 0 bridgehead atoms. The molecule has 0 aromatic heterocycles. The van der Waals surface area contributed by atoms with Crippen LogP contribution in [0.3, 0.4) is 0 Å². The van der Waals surface area contributed by atoms with Gasteiger partial charge in [0.1, 0.15) is 0 Å². The van der Waals surface area contributed by atoms with Crippen LogP contribution in [0.15, 0.2) is 67.3 Å². The quantitative estimate of drug-likeness (QED) is 0.530. The van der Waals surface area contributed by atoms with Crippen molar-refractivity contribution in [2.24, 2.45) is 5.92 Å². The van der Waals surface area contributed by atoms with E-state index in [9.17, 15) is 18.0 Å². The summed E-state index contributed by atoms with van der Waals surface area (Å²) in [6.07, 6.45) is 2.65. The van der Waals surface area contributed by atoms with Gasteiger partial charge in [0.15, 0.2) is 0 Å². The number of amides is 3. The van der Waals surface area contributed by atoms with E-state index in [4.69, 9.17) is 0 Å². The van der Waals surface area contributed by atoms with Gasteiger partial charge >= 0.3 is 6.03 Å². The van der Waals surface area contributed by atoms with Gasteiger partial charge in [0, 0.05) is 36.9 Å². The molecule has 3 amide bonds. The maximum atomic E-state index is 12.6. The Bertz CT molecular complexity index is 1030. The highest BCUT2D eigenvalue weighted by molar-refractivity contribution is 7.88. The summed E-state index contributed by atoms with van der Waals surface area (Å²) in [7, 11) is -3.43. The molecule has 32 heavy (non-hydrogen) atoms. The predicted octanol–water partition coefficient (Wildman–Crippen LogP) is 3.17. The number of benzene rings is 2. The lowest BCUT2D eigenvalue weighted by molar-refractivity contribution is -0.121. The van der Waals surface area contributed by atoms with Gasteiger partial charge in [-0.2, -0.15) is 0 Å². The number of rotatable bonds is 8. The number of anilines is 2. The molecule has 3 rings (SSSR count). The Hall–Kier alpha value is -3.17. The van der Waals surface area contributed by atoms with Gasteiger partial charge in [-0.05, 0) is 42.7 Å². The van der Waals surface area contributed by atoms with Gasteiger partial charge < -0.3 is 15.5 Å². The maximum absolute atomic E-state index is 12.6. The number of nitrogens with zero attached hydrogens (tertiary/aromatic N) is 1. The Labute approximate surface area is 188 Å². The van der Waals surface area contributed by atoms with Crippen LogP contribution in [-0.2, 0) is 20.6 Å². The molecule has 0 spiro atoms. The number of piperidine rings is 1. The maximum Gasteiger partial charge on any atom is 0.321 e. The third kappa shape index (κ3) is 6.93. The smallest absolute Gasteiger partial charge is 0.321 e. The number of urea groups is 1. The molecule has 2 aromatic carbocycles. The highest BCUT2D eigenvalue weighted by Crippen LogP contribution is 2.21. The summed E-state index contributed by atoms with van der Waals surface area (Å²) in [6.45, 7) is 4.68. The lowest BCUT2D eigenvalue weighted by Crippen LogP contribution is -2.43. The van der Waals surface area contributed by atoms with Crippen LogP contribution >= 0.6 is 0 Å². The molecule has 170 valence electrons. The predicted molar refractivity (Wildman–Crippen MR) is 126 cm³/mol. The molecule has 1 saturated heterocycles. The van der Waals surface area contributed by atoms with Crippen LogP contribution < -0.4 is 15.4 Å². The minimum atomic E-state index is -3.43. The van der Waals surface area contributed by atoms with E-state index in [0.29, 0.717) is 37.2 Å². The molecule has 2 aromatic rings. The van der Waals surface area contributed by atoms with E-state index in [2.05, 4.69) is 21.9 Å². The van der Waals surface area contributed by atoms with E-state index >= 15 is 0 Å². The number of hydrogen-bond donors (Lipinski definition) is 3. The van der Waals surface area contributed by atoms with Gasteiger partial charge in [0.2, 0.25) is 15.9 Å². The highest BCUT2D eigenvalue weighted by Gasteiger charge is 2.27. The van der Waals surface area contributed by atoms with Crippen molar-refractivity contribution in [2.75, 3.05) is 30.3 Å². The van der Waals surface area contributed by atoms with Crippen LogP contribution in [0.4, 0.5) is 16.2 Å². The molecule has 9 heteroatoms. The molecule has 1 fully saturated rings. The molecule has 8 nitrogen and oxygen atoms in total. The standard InChI is InChI=1S/C23H28N4O4S/c1-2-14-24-32(30,31)17-18-8-10-21(11-9-18)25-22(28)19-12-15-27(16-13-19)23(29)26-20-6-4-3-5-7-20/h2-11,19,24H,1,12-17H2,(H,25,28)(H,26,29). The van der Waals surface area contributed by atoms with Crippen molar-refractivity contribution >= 4 is 33.3 Å². The highest BCUT2D eigenvalue weighted by atomic mass is 32.2. The van der Waals surface area contributed by atoms with Crippen LogP contribution in [0, 0.1) is 5.92 Å². The zero-order chi connectivity index (χ0) is 23.0. The van der Waals surface area contributed by atoms with Crippen molar-refractivity contribution in [3.8, 4) is 0 Å². The number of nitrogens with one attached hydrogen (secondary N) is 3. The number of sulfonamides is 1. The number of hydrogen-bond acceptors (Lipinski definition) is 4. The molecular formula is C23H28N4O4S. The Kier molecular flexibility index (Phi) is 8.02. The monoisotopic (exact) mass is 456 g/mol. The first-order valence-electron chi connectivity index (χ1n) is 10.5. The fraction of sp³-hybridized carbons (Fsp3) is 0.304. The van der Waals surface area contributed by atoms with E-state index in [1.54, 1.807) is 29.2 Å². The minimum absolute atomic E-state index is 0.0962. The van der Waals surface area contributed by atoms with Crippen molar-refractivity contribution in [3.63, 3.8) is 0 Å². The Morgan fingerprint density at radius 2 is 1.59 bits per heavy atom. The number of carbonyl (C=O) groups excluding carboxylic acids is 2. The molecule has 0 aliphatic carbocycles. The molecule has 0 saturated carbocycles. The lowest BCUT2D eigenvalue weighted by Gasteiger charge is -2.31. The van der Waals surface area contributed by atoms with Crippen molar-refractivity contribution in [2.45, 2.75) is 18.6 Å². The largest absolute Gasteiger partial charge is 0.326 e. The van der Waals surface area contributed by atoms with E-state index in [1.165, 1.54) is 6.08 Å². The summed E-state index contributed by atoms with van der Waals surface area (Å²) in [5.41, 5.74) is 1.97. The average Bonchev–Trinajstić information content (AvgIpc) is 2.79. The van der Waals surface area contributed by atoms with Gasteiger partial charge in [-0.25, -0.2) is 17.9 Å². The Morgan fingerprint density at radius 1 is 0.969 bits per heavy atom. The van der Waals surface area contributed by atoms with Crippen LogP contribution in [0.1, 0.15) is 18.4 Å². The second-order valence-electron chi connectivity index (χ2n) is 7.64. The van der Waals surface area contributed by atoms with Crippen LogP contribution in [-0.4, -0.2) is 44.9 Å². The van der Waals surface area contributed by atoms with Gasteiger partial charge in [-0.1, -0.05) is 36.4 Å². The van der Waals surface area contributed by atoms with Crippen molar-refractivity contribution in [1.82, 2.24) is 9.62 Å². The number of para-hydroxylation sites is 1. The zero-order valence-electron chi connectivity index (χ0n) is 17.8. The second-order valence-corrected chi connectivity index (χ2v) is 9.45. The third-order valence-corrected chi connectivity index (χ3v) is 6.52. The first kappa shape index (κ1) is 23.5. The third-order valence-electron chi connectivity index (χ3n) is 5.20. The second kappa shape index (κ2) is 10.9. The lowest BCUT2D eigenvalue weighted by atomic mass is 9.96. The summed E-state index contributed by atoms with van der Waals surface area (Å²) >= 11 is 0. The van der Waals surface area contributed by atoms with E-state index in [0.717, 1.165) is 5.69 Å². The van der Waals surface area contributed by atoms with Gasteiger partial charge in [-0.3, -0.25) is 4.79 Å². The summed E-state index contributed by atoms with van der Waals surface area (Å²) in [4.78, 5) is 26.7. The van der Waals surface area contributed by atoms with Crippen molar-refractivity contribution in [1.29, 1.82) is 0 Å². The molecule has 1 aliphatic heterocycles. The molecular weight excluding hydrogens is 428 g/mol. The summed E-state index contributed by atoms with van der Waals surface area (Å²) in [5, 5.41) is 5.75.